The summed E-state index contributed by atoms with van der Waals surface area (Å²) in [4.78, 5) is 2.55. The summed E-state index contributed by atoms with van der Waals surface area (Å²) >= 11 is 0. The molecule has 0 amide bonds. The zero-order valence-corrected chi connectivity index (χ0v) is 15.5. The lowest BCUT2D eigenvalue weighted by atomic mass is 10.1. The third-order valence-corrected chi connectivity index (χ3v) is 6.70. The van der Waals surface area contributed by atoms with Gasteiger partial charge in [0.25, 0.3) is 0 Å². The van der Waals surface area contributed by atoms with Crippen LogP contribution in [0.2, 0.25) is 0 Å². The first-order chi connectivity index (χ1) is 12.5. The molecular weight excluding hydrogens is 352 g/mol. The molecule has 0 aromatic heterocycles. The van der Waals surface area contributed by atoms with Crippen LogP contribution < -0.4 is 9.47 Å². The summed E-state index contributed by atoms with van der Waals surface area (Å²) in [6, 6.07) is 13.2. The van der Waals surface area contributed by atoms with Crippen molar-refractivity contribution >= 4 is 10.0 Å². The van der Waals surface area contributed by atoms with E-state index in [1.54, 1.807) is 22.5 Å². The monoisotopic (exact) mass is 374 g/mol. The minimum absolute atomic E-state index is 0.135. The predicted molar refractivity (Wildman–Crippen MR) is 97.8 cm³/mol. The Morgan fingerprint density at radius 3 is 2.50 bits per heavy atom. The second-order valence-electron chi connectivity index (χ2n) is 6.68. The highest BCUT2D eigenvalue weighted by Crippen LogP contribution is 2.34. The molecule has 2 aromatic carbocycles. The maximum atomic E-state index is 12.9. The van der Waals surface area contributed by atoms with Gasteiger partial charge in [-0.15, -0.1) is 0 Å². The smallest absolute Gasteiger partial charge is 0.243 e. The number of fused-ring (bicyclic) bond motifs is 1. The van der Waals surface area contributed by atoms with Crippen LogP contribution in [0, 0.1) is 6.92 Å². The maximum absolute atomic E-state index is 12.9. The molecule has 0 atom stereocenters. The van der Waals surface area contributed by atoms with E-state index in [1.165, 1.54) is 11.1 Å². The number of piperazine rings is 1. The molecule has 1 fully saturated rings. The Labute approximate surface area is 154 Å². The average Bonchev–Trinajstić information content (AvgIpc) is 3.10. The average molecular weight is 374 g/mol. The molecule has 0 radical (unpaired) electrons. The van der Waals surface area contributed by atoms with Crippen LogP contribution in [0.1, 0.15) is 11.1 Å². The van der Waals surface area contributed by atoms with E-state index in [0.717, 1.165) is 19.6 Å². The number of ether oxygens (including phenoxy) is 2. The van der Waals surface area contributed by atoms with Crippen molar-refractivity contribution in [1.29, 1.82) is 0 Å². The molecule has 138 valence electrons. The van der Waals surface area contributed by atoms with Gasteiger partial charge in [0.2, 0.25) is 16.8 Å². The van der Waals surface area contributed by atoms with Gasteiger partial charge >= 0.3 is 0 Å². The van der Waals surface area contributed by atoms with Crippen LogP contribution in [-0.2, 0) is 16.6 Å². The lowest BCUT2D eigenvalue weighted by Crippen LogP contribution is -2.48. The van der Waals surface area contributed by atoms with Crippen molar-refractivity contribution in [2.45, 2.75) is 18.4 Å². The quantitative estimate of drug-likeness (QED) is 0.821. The minimum Gasteiger partial charge on any atom is -0.454 e. The van der Waals surface area contributed by atoms with E-state index in [9.17, 15) is 8.42 Å². The lowest BCUT2D eigenvalue weighted by Gasteiger charge is -2.34. The van der Waals surface area contributed by atoms with Crippen molar-refractivity contribution in [2.75, 3.05) is 33.0 Å². The molecule has 0 aliphatic carbocycles. The van der Waals surface area contributed by atoms with Crippen LogP contribution in [0.4, 0.5) is 0 Å². The van der Waals surface area contributed by atoms with Crippen LogP contribution in [0.25, 0.3) is 0 Å². The van der Waals surface area contributed by atoms with Gasteiger partial charge in [0, 0.05) is 38.8 Å². The Hall–Kier alpha value is -2.09. The highest BCUT2D eigenvalue weighted by atomic mass is 32.2. The van der Waals surface area contributed by atoms with Crippen LogP contribution in [-0.4, -0.2) is 50.6 Å². The Kier molecular flexibility index (Phi) is 4.60. The summed E-state index contributed by atoms with van der Waals surface area (Å²) in [6.07, 6.45) is 0. The van der Waals surface area contributed by atoms with Gasteiger partial charge < -0.3 is 9.47 Å². The zero-order valence-electron chi connectivity index (χ0n) is 14.7. The molecule has 2 aliphatic heterocycles. The van der Waals surface area contributed by atoms with Crippen LogP contribution >= 0.6 is 0 Å². The molecule has 1 saturated heterocycles. The van der Waals surface area contributed by atoms with Crippen LogP contribution in [0.5, 0.6) is 11.5 Å². The number of hydrogen-bond acceptors (Lipinski definition) is 5. The molecular formula is C19H22N2O4S. The number of hydrogen-bond donors (Lipinski definition) is 0. The molecule has 4 rings (SSSR count). The maximum Gasteiger partial charge on any atom is 0.243 e. The number of rotatable bonds is 4. The van der Waals surface area contributed by atoms with Crippen molar-refractivity contribution in [2.24, 2.45) is 0 Å². The second-order valence-corrected chi connectivity index (χ2v) is 8.62. The van der Waals surface area contributed by atoms with E-state index < -0.39 is 10.0 Å². The van der Waals surface area contributed by atoms with Gasteiger partial charge in [-0.05, 0) is 24.6 Å². The van der Waals surface area contributed by atoms with Crippen molar-refractivity contribution in [3.05, 3.63) is 53.6 Å². The summed E-state index contributed by atoms with van der Waals surface area (Å²) in [7, 11) is -3.52. The van der Waals surface area contributed by atoms with Crippen molar-refractivity contribution in [1.82, 2.24) is 9.21 Å². The largest absolute Gasteiger partial charge is 0.454 e. The highest BCUT2D eigenvalue weighted by molar-refractivity contribution is 7.89. The fourth-order valence-corrected chi connectivity index (χ4v) is 4.82. The first kappa shape index (κ1) is 17.3. The second kappa shape index (κ2) is 6.90. The molecule has 0 N–H and O–H groups in total. The minimum atomic E-state index is -3.52. The van der Waals surface area contributed by atoms with Crippen molar-refractivity contribution in [3.8, 4) is 11.5 Å². The Balaban J connectivity index is 1.42. The van der Waals surface area contributed by atoms with E-state index in [0.29, 0.717) is 24.6 Å². The molecule has 2 aliphatic rings. The fourth-order valence-electron chi connectivity index (χ4n) is 3.38. The number of sulfonamides is 1. The lowest BCUT2D eigenvalue weighted by molar-refractivity contribution is 0.173. The number of nitrogens with zero attached hydrogens (tertiary/aromatic N) is 2. The molecule has 0 saturated carbocycles. The first-order valence-electron chi connectivity index (χ1n) is 8.70. The standard InChI is InChI=1S/C19H22N2O4S/c1-15-3-2-4-16(11-15)13-20-7-9-21(10-8-20)26(22,23)17-5-6-18-19(12-17)25-14-24-18/h2-6,11-12H,7-10,13-14H2,1H3. The Morgan fingerprint density at radius 1 is 0.962 bits per heavy atom. The van der Waals surface area contributed by atoms with Gasteiger partial charge in [0.1, 0.15) is 0 Å². The fraction of sp³-hybridized carbons (Fsp3) is 0.368. The van der Waals surface area contributed by atoms with E-state index in [4.69, 9.17) is 9.47 Å². The predicted octanol–water partition coefficient (Wildman–Crippen LogP) is 2.23. The van der Waals surface area contributed by atoms with Crippen LogP contribution in [0.15, 0.2) is 47.4 Å². The molecule has 7 heteroatoms. The SMILES string of the molecule is Cc1cccc(CN2CCN(S(=O)(=O)c3ccc4c(c3)OCO4)CC2)c1. The molecule has 0 unspecified atom stereocenters. The molecule has 2 aromatic rings. The van der Waals surface area contributed by atoms with E-state index in [2.05, 4.69) is 36.1 Å². The zero-order chi connectivity index (χ0) is 18.1. The summed E-state index contributed by atoms with van der Waals surface area (Å²) in [6.45, 7) is 5.48. The Bertz CT molecular complexity index is 906. The topological polar surface area (TPSA) is 59.1 Å². The third kappa shape index (κ3) is 3.42. The van der Waals surface area contributed by atoms with Crippen molar-refractivity contribution < 1.29 is 17.9 Å². The summed E-state index contributed by atoms with van der Waals surface area (Å²) in [5.74, 6) is 1.08. The van der Waals surface area contributed by atoms with Gasteiger partial charge in [-0.25, -0.2) is 8.42 Å². The molecule has 0 bridgehead atoms. The van der Waals surface area contributed by atoms with E-state index in [1.807, 2.05) is 0 Å². The number of aryl methyl sites for hydroxylation is 1. The highest BCUT2D eigenvalue weighted by Gasteiger charge is 2.30. The summed E-state index contributed by atoms with van der Waals surface area (Å²) < 4.78 is 37.9. The summed E-state index contributed by atoms with van der Waals surface area (Å²) in [5.41, 5.74) is 2.50. The van der Waals surface area contributed by atoms with E-state index >= 15 is 0 Å². The normalized spacial score (nSPS) is 18.2. The van der Waals surface area contributed by atoms with Gasteiger partial charge in [-0.2, -0.15) is 4.31 Å². The van der Waals surface area contributed by atoms with Crippen LogP contribution in [0.3, 0.4) is 0 Å². The summed E-state index contributed by atoms with van der Waals surface area (Å²) in [5, 5.41) is 0. The molecule has 0 spiro atoms. The van der Waals surface area contributed by atoms with E-state index in [-0.39, 0.29) is 11.7 Å². The van der Waals surface area contributed by atoms with Gasteiger partial charge in [0.15, 0.2) is 11.5 Å². The molecule has 26 heavy (non-hydrogen) atoms. The van der Waals surface area contributed by atoms with Gasteiger partial charge in [-0.1, -0.05) is 29.8 Å². The molecule has 6 nitrogen and oxygen atoms in total. The van der Waals surface area contributed by atoms with Gasteiger partial charge in [0.05, 0.1) is 4.90 Å². The molecule has 2 heterocycles. The van der Waals surface area contributed by atoms with Gasteiger partial charge in [-0.3, -0.25) is 4.90 Å². The number of benzene rings is 2. The first-order valence-corrected chi connectivity index (χ1v) is 10.1. The third-order valence-electron chi connectivity index (χ3n) is 4.80. The Morgan fingerprint density at radius 2 is 1.73 bits per heavy atom. The van der Waals surface area contributed by atoms with Crippen molar-refractivity contribution in [3.63, 3.8) is 0 Å².